The predicted molar refractivity (Wildman–Crippen MR) is 62.5 cm³/mol. The summed E-state index contributed by atoms with van der Waals surface area (Å²) >= 11 is 0. The van der Waals surface area contributed by atoms with Gasteiger partial charge in [0.25, 0.3) is 0 Å². The van der Waals surface area contributed by atoms with Crippen molar-refractivity contribution in [3.8, 4) is 0 Å². The number of carbonyl (C=O) groups is 1. The zero-order chi connectivity index (χ0) is 12.0. The first-order valence-electron chi connectivity index (χ1n) is 6.24. The van der Waals surface area contributed by atoms with Gasteiger partial charge in [0.1, 0.15) is 0 Å². The number of carboxylic acid groups (broad SMARTS) is 1. The van der Waals surface area contributed by atoms with E-state index in [1.807, 2.05) is 6.92 Å². The third kappa shape index (κ3) is 4.10. The van der Waals surface area contributed by atoms with Gasteiger partial charge in [-0.3, -0.25) is 4.90 Å². The van der Waals surface area contributed by atoms with Gasteiger partial charge in [-0.05, 0) is 32.2 Å². The number of carboxylic acids is 1. The minimum absolute atomic E-state index is 0.462. The lowest BCUT2D eigenvalue weighted by atomic mass is 10.0. The molecule has 0 saturated carbocycles. The Labute approximate surface area is 97.6 Å². The summed E-state index contributed by atoms with van der Waals surface area (Å²) in [5.74, 6) is -0.0955. The molecule has 0 aromatic carbocycles. The van der Waals surface area contributed by atoms with Crippen LogP contribution in [0.25, 0.3) is 0 Å². The molecule has 2 atom stereocenters. The van der Waals surface area contributed by atoms with E-state index in [9.17, 15) is 4.79 Å². The quantitative estimate of drug-likeness (QED) is 0.720. The lowest BCUT2D eigenvalue weighted by Crippen LogP contribution is -2.37. The third-order valence-electron chi connectivity index (χ3n) is 3.13. The first-order chi connectivity index (χ1) is 7.67. The minimum Gasteiger partial charge on any atom is -0.479 e. The number of ether oxygens (including phenoxy) is 1. The fourth-order valence-corrected chi connectivity index (χ4v) is 2.36. The highest BCUT2D eigenvalue weighted by Crippen LogP contribution is 2.21. The molecule has 0 aromatic rings. The summed E-state index contributed by atoms with van der Waals surface area (Å²) in [6.45, 7) is 7.07. The van der Waals surface area contributed by atoms with Crippen LogP contribution < -0.4 is 0 Å². The van der Waals surface area contributed by atoms with Crippen molar-refractivity contribution in [3.05, 3.63) is 0 Å². The molecule has 4 nitrogen and oxygen atoms in total. The molecule has 1 fully saturated rings. The highest BCUT2D eigenvalue weighted by atomic mass is 16.5. The molecule has 0 spiro atoms. The summed E-state index contributed by atoms with van der Waals surface area (Å²) in [6.07, 6.45) is 3.01. The van der Waals surface area contributed by atoms with Gasteiger partial charge in [-0.25, -0.2) is 4.79 Å². The molecule has 4 heteroatoms. The highest BCUT2D eigenvalue weighted by molar-refractivity contribution is 5.72. The molecule has 0 radical (unpaired) electrons. The van der Waals surface area contributed by atoms with E-state index in [4.69, 9.17) is 9.84 Å². The van der Waals surface area contributed by atoms with Gasteiger partial charge in [0.2, 0.25) is 0 Å². The van der Waals surface area contributed by atoms with Crippen molar-refractivity contribution < 1.29 is 14.6 Å². The van der Waals surface area contributed by atoms with Gasteiger partial charge in [-0.15, -0.1) is 0 Å². The molecule has 0 aliphatic carbocycles. The van der Waals surface area contributed by atoms with Crippen LogP contribution in [0.3, 0.4) is 0 Å². The van der Waals surface area contributed by atoms with E-state index in [-0.39, 0.29) is 0 Å². The molecule has 1 rings (SSSR count). The fraction of sp³-hybridized carbons (Fsp3) is 0.917. The van der Waals surface area contributed by atoms with Crippen LogP contribution in [0.5, 0.6) is 0 Å². The Morgan fingerprint density at radius 1 is 1.56 bits per heavy atom. The Hall–Kier alpha value is -0.610. The van der Waals surface area contributed by atoms with Crippen LogP contribution in [0.1, 0.15) is 33.1 Å². The number of hydrogen-bond acceptors (Lipinski definition) is 3. The molecule has 1 aliphatic rings. The molecule has 0 bridgehead atoms. The van der Waals surface area contributed by atoms with Gasteiger partial charge in [-0.2, -0.15) is 0 Å². The first-order valence-corrected chi connectivity index (χ1v) is 6.24. The second-order valence-electron chi connectivity index (χ2n) is 4.49. The average molecular weight is 229 g/mol. The van der Waals surface area contributed by atoms with Crippen LogP contribution in [0.15, 0.2) is 0 Å². The Morgan fingerprint density at radius 3 is 2.88 bits per heavy atom. The maximum Gasteiger partial charge on any atom is 0.334 e. The SMILES string of the molecule is CCCC1CCN(CC(OCC)C(=O)O)C1. The Kier molecular flexibility index (Phi) is 5.77. The van der Waals surface area contributed by atoms with E-state index >= 15 is 0 Å². The summed E-state index contributed by atoms with van der Waals surface area (Å²) in [5, 5.41) is 8.98. The van der Waals surface area contributed by atoms with E-state index < -0.39 is 12.1 Å². The third-order valence-corrected chi connectivity index (χ3v) is 3.13. The van der Waals surface area contributed by atoms with Gasteiger partial charge >= 0.3 is 5.97 Å². The standard InChI is InChI=1S/C12H23NO3/c1-3-5-10-6-7-13(8-10)9-11(12(14)15)16-4-2/h10-11H,3-9H2,1-2H3,(H,14,15). The monoisotopic (exact) mass is 229 g/mol. The van der Waals surface area contributed by atoms with Crippen molar-refractivity contribution >= 4 is 5.97 Å². The molecule has 1 aliphatic heterocycles. The van der Waals surface area contributed by atoms with Gasteiger partial charge in [-0.1, -0.05) is 13.3 Å². The maximum absolute atomic E-state index is 10.9. The van der Waals surface area contributed by atoms with Crippen molar-refractivity contribution in [2.75, 3.05) is 26.2 Å². The largest absolute Gasteiger partial charge is 0.479 e. The summed E-state index contributed by atoms with van der Waals surface area (Å²) in [4.78, 5) is 13.1. The Balaban J connectivity index is 2.33. The Morgan fingerprint density at radius 2 is 2.31 bits per heavy atom. The minimum atomic E-state index is -0.846. The molecular weight excluding hydrogens is 206 g/mol. The second-order valence-corrected chi connectivity index (χ2v) is 4.49. The molecule has 0 amide bonds. The molecule has 1 saturated heterocycles. The van der Waals surface area contributed by atoms with Crippen molar-refractivity contribution in [1.82, 2.24) is 4.90 Å². The first kappa shape index (κ1) is 13.5. The molecule has 94 valence electrons. The topological polar surface area (TPSA) is 49.8 Å². The zero-order valence-corrected chi connectivity index (χ0v) is 10.3. The van der Waals surface area contributed by atoms with Crippen LogP contribution in [0.2, 0.25) is 0 Å². The van der Waals surface area contributed by atoms with Crippen LogP contribution in [0, 0.1) is 5.92 Å². The van der Waals surface area contributed by atoms with E-state index in [0.717, 1.165) is 19.0 Å². The average Bonchev–Trinajstić information content (AvgIpc) is 2.65. The lowest BCUT2D eigenvalue weighted by molar-refractivity contribution is -0.151. The van der Waals surface area contributed by atoms with Crippen LogP contribution in [-0.2, 0) is 9.53 Å². The molecule has 0 aromatic heterocycles. The van der Waals surface area contributed by atoms with Gasteiger partial charge in [0.15, 0.2) is 6.10 Å². The second kappa shape index (κ2) is 6.86. The number of likely N-dealkylation sites (tertiary alicyclic amines) is 1. The molecule has 1 heterocycles. The van der Waals surface area contributed by atoms with Gasteiger partial charge in [0.05, 0.1) is 0 Å². The zero-order valence-electron chi connectivity index (χ0n) is 10.3. The summed E-state index contributed by atoms with van der Waals surface area (Å²) < 4.78 is 5.22. The van der Waals surface area contributed by atoms with Crippen molar-refractivity contribution in [2.45, 2.75) is 39.2 Å². The van der Waals surface area contributed by atoms with E-state index in [2.05, 4.69) is 11.8 Å². The normalized spacial score (nSPS) is 23.5. The summed E-state index contributed by atoms with van der Waals surface area (Å²) in [5.41, 5.74) is 0. The van der Waals surface area contributed by atoms with Crippen molar-refractivity contribution in [3.63, 3.8) is 0 Å². The van der Waals surface area contributed by atoms with Crippen molar-refractivity contribution in [2.24, 2.45) is 5.92 Å². The van der Waals surface area contributed by atoms with Gasteiger partial charge < -0.3 is 9.84 Å². The van der Waals surface area contributed by atoms with Gasteiger partial charge in [0, 0.05) is 19.7 Å². The summed E-state index contributed by atoms with van der Waals surface area (Å²) in [6, 6.07) is 0. The number of hydrogen-bond donors (Lipinski definition) is 1. The summed E-state index contributed by atoms with van der Waals surface area (Å²) in [7, 11) is 0. The van der Waals surface area contributed by atoms with Crippen LogP contribution >= 0.6 is 0 Å². The number of aliphatic carboxylic acids is 1. The molecule has 1 N–H and O–H groups in total. The van der Waals surface area contributed by atoms with E-state index in [0.29, 0.717) is 13.2 Å². The van der Waals surface area contributed by atoms with Crippen LogP contribution in [0.4, 0.5) is 0 Å². The highest BCUT2D eigenvalue weighted by Gasteiger charge is 2.27. The van der Waals surface area contributed by atoms with E-state index in [1.54, 1.807) is 0 Å². The van der Waals surface area contributed by atoms with Crippen molar-refractivity contribution in [1.29, 1.82) is 0 Å². The number of rotatable bonds is 7. The fourth-order valence-electron chi connectivity index (χ4n) is 2.36. The smallest absolute Gasteiger partial charge is 0.334 e. The molecule has 2 unspecified atom stereocenters. The number of nitrogens with zero attached hydrogens (tertiary/aromatic N) is 1. The van der Waals surface area contributed by atoms with E-state index in [1.165, 1.54) is 19.3 Å². The Bertz CT molecular complexity index is 220. The lowest BCUT2D eigenvalue weighted by Gasteiger charge is -2.20. The molecular formula is C12H23NO3. The molecule has 16 heavy (non-hydrogen) atoms. The van der Waals surface area contributed by atoms with Crippen LogP contribution in [-0.4, -0.2) is 48.3 Å². The predicted octanol–water partition coefficient (Wildman–Crippen LogP) is 1.60. The maximum atomic E-state index is 10.9.